The van der Waals surface area contributed by atoms with Crippen molar-refractivity contribution in [1.29, 1.82) is 0 Å². The van der Waals surface area contributed by atoms with Gasteiger partial charge >= 0.3 is 0 Å². The standard InChI is InChI=1S/C26H30N8O5/c1-3-33-20(9-15(2)32-33)24(36)31-25-30-19-10-17(23(27)35)11-21-22(19)34(25)18(14-38-21)6-8-29-26(37)39-13-16-5-4-7-28-12-16/h4-5,7,9-12,18,26,29,37H,3,6,8,13-14H2,1-2H3,(H2,27,35)(H,30,31,36)/t18-,26?/m0/s1. The molecule has 3 aromatic heterocycles. The summed E-state index contributed by atoms with van der Waals surface area (Å²) in [6, 6.07) is 8.28. The molecular formula is C26H30N8O5. The summed E-state index contributed by atoms with van der Waals surface area (Å²) < 4.78 is 14.9. The zero-order chi connectivity index (χ0) is 27.5. The number of aryl methyl sites for hydroxylation is 2. The van der Waals surface area contributed by atoms with Crippen LogP contribution < -0.4 is 21.1 Å². The number of anilines is 1. The molecule has 0 fully saturated rings. The minimum atomic E-state index is -1.18. The molecule has 0 saturated carbocycles. The summed E-state index contributed by atoms with van der Waals surface area (Å²) >= 11 is 0. The molecular weight excluding hydrogens is 504 g/mol. The number of imidazole rings is 1. The van der Waals surface area contributed by atoms with E-state index in [9.17, 15) is 14.7 Å². The number of amides is 2. The largest absolute Gasteiger partial charge is 0.489 e. The second-order valence-corrected chi connectivity index (χ2v) is 9.18. The van der Waals surface area contributed by atoms with Crippen molar-refractivity contribution in [2.45, 2.75) is 45.9 Å². The lowest BCUT2D eigenvalue weighted by atomic mass is 10.1. The van der Waals surface area contributed by atoms with Crippen molar-refractivity contribution in [3.63, 3.8) is 0 Å². The fourth-order valence-corrected chi connectivity index (χ4v) is 4.59. The topological polar surface area (TPSA) is 171 Å². The summed E-state index contributed by atoms with van der Waals surface area (Å²) in [6.45, 7) is 5.10. The van der Waals surface area contributed by atoms with Crippen LogP contribution in [0.25, 0.3) is 11.0 Å². The highest BCUT2D eigenvalue weighted by Crippen LogP contribution is 2.38. The molecule has 5 N–H and O–H groups in total. The lowest BCUT2D eigenvalue weighted by Gasteiger charge is -2.28. The number of ether oxygens (including phenoxy) is 2. The van der Waals surface area contributed by atoms with Gasteiger partial charge < -0.3 is 24.9 Å². The van der Waals surface area contributed by atoms with Crippen LogP contribution in [0.5, 0.6) is 5.75 Å². The van der Waals surface area contributed by atoms with E-state index in [1.807, 2.05) is 24.5 Å². The highest BCUT2D eigenvalue weighted by atomic mass is 16.6. The van der Waals surface area contributed by atoms with Crippen molar-refractivity contribution >= 4 is 28.8 Å². The van der Waals surface area contributed by atoms with Gasteiger partial charge in [-0.2, -0.15) is 5.10 Å². The number of carbonyl (C=O) groups is 2. The molecule has 0 aliphatic carbocycles. The van der Waals surface area contributed by atoms with Crippen LogP contribution in [0.4, 0.5) is 5.95 Å². The Morgan fingerprint density at radius 3 is 2.92 bits per heavy atom. The van der Waals surface area contributed by atoms with Gasteiger partial charge in [-0.25, -0.2) is 4.98 Å². The molecule has 0 radical (unpaired) electrons. The van der Waals surface area contributed by atoms with Gasteiger partial charge in [0.2, 0.25) is 18.3 Å². The Bertz CT molecular complexity index is 1500. The average Bonchev–Trinajstić information content (AvgIpc) is 3.50. The van der Waals surface area contributed by atoms with E-state index in [1.54, 1.807) is 41.3 Å². The lowest BCUT2D eigenvalue weighted by molar-refractivity contribution is -0.128. The molecule has 4 aromatic rings. The van der Waals surface area contributed by atoms with Crippen LogP contribution in [0.1, 0.15) is 51.5 Å². The number of benzene rings is 1. The number of pyridine rings is 1. The third-order valence-electron chi connectivity index (χ3n) is 6.42. The molecule has 1 aromatic carbocycles. The van der Waals surface area contributed by atoms with Gasteiger partial charge in [0.25, 0.3) is 5.91 Å². The molecule has 0 saturated heterocycles. The fourth-order valence-electron chi connectivity index (χ4n) is 4.59. The van der Waals surface area contributed by atoms with E-state index in [1.165, 1.54) is 0 Å². The van der Waals surface area contributed by atoms with Gasteiger partial charge in [0.1, 0.15) is 23.6 Å². The predicted octanol–water partition coefficient (Wildman–Crippen LogP) is 1.71. The molecule has 0 spiro atoms. The molecule has 1 aliphatic rings. The zero-order valence-electron chi connectivity index (χ0n) is 21.6. The fraction of sp³-hybridized carbons (Fsp3) is 0.346. The molecule has 2 atom stereocenters. The van der Waals surface area contributed by atoms with E-state index >= 15 is 0 Å². The minimum Gasteiger partial charge on any atom is -0.489 e. The summed E-state index contributed by atoms with van der Waals surface area (Å²) in [6.07, 6.45) is 2.67. The number of carbonyl (C=O) groups excluding carboxylic acids is 2. The summed E-state index contributed by atoms with van der Waals surface area (Å²) in [5.74, 6) is -0.206. The van der Waals surface area contributed by atoms with E-state index in [4.69, 9.17) is 15.2 Å². The Morgan fingerprint density at radius 2 is 2.18 bits per heavy atom. The monoisotopic (exact) mass is 534 g/mol. The van der Waals surface area contributed by atoms with Gasteiger partial charge in [-0.3, -0.25) is 29.9 Å². The van der Waals surface area contributed by atoms with Crippen molar-refractivity contribution in [2.75, 3.05) is 18.5 Å². The summed E-state index contributed by atoms with van der Waals surface area (Å²) in [5, 5.41) is 20.4. The average molecular weight is 535 g/mol. The molecule has 13 nitrogen and oxygen atoms in total. The molecule has 1 aliphatic heterocycles. The van der Waals surface area contributed by atoms with Gasteiger partial charge in [-0.15, -0.1) is 0 Å². The van der Waals surface area contributed by atoms with Crippen LogP contribution in [-0.4, -0.2) is 60.8 Å². The van der Waals surface area contributed by atoms with Gasteiger partial charge in [0.15, 0.2) is 0 Å². The highest BCUT2D eigenvalue weighted by Gasteiger charge is 2.29. The van der Waals surface area contributed by atoms with Crippen LogP contribution in [0.15, 0.2) is 42.7 Å². The maximum Gasteiger partial charge on any atom is 0.276 e. The SMILES string of the molecule is CCn1nc(C)cc1C(=O)Nc1nc2cc(C(N)=O)cc3c2n1[C@@H](CCNC(O)OCc1cccnc1)CO3. The number of nitrogens with two attached hydrogens (primary N) is 1. The Hall–Kier alpha value is -4.33. The number of primary amides is 1. The molecule has 39 heavy (non-hydrogen) atoms. The van der Waals surface area contributed by atoms with Crippen molar-refractivity contribution in [3.8, 4) is 5.75 Å². The van der Waals surface area contributed by atoms with E-state index in [2.05, 4.69) is 25.7 Å². The van der Waals surface area contributed by atoms with Crippen LogP contribution in [0, 0.1) is 6.92 Å². The number of hydrogen-bond acceptors (Lipinski definition) is 9. The van der Waals surface area contributed by atoms with E-state index in [-0.39, 0.29) is 30.7 Å². The van der Waals surface area contributed by atoms with Crippen LogP contribution >= 0.6 is 0 Å². The normalized spacial score (nSPS) is 15.2. The predicted molar refractivity (Wildman–Crippen MR) is 141 cm³/mol. The van der Waals surface area contributed by atoms with E-state index in [0.29, 0.717) is 47.9 Å². The van der Waals surface area contributed by atoms with Crippen molar-refractivity contribution in [3.05, 3.63) is 65.2 Å². The number of rotatable bonds is 11. The zero-order valence-corrected chi connectivity index (χ0v) is 21.6. The quantitative estimate of drug-likeness (QED) is 0.209. The Morgan fingerprint density at radius 1 is 1.33 bits per heavy atom. The maximum absolute atomic E-state index is 13.2. The first-order valence-electron chi connectivity index (χ1n) is 12.6. The number of nitrogens with one attached hydrogen (secondary N) is 2. The third kappa shape index (κ3) is 5.60. The second kappa shape index (κ2) is 11.2. The molecule has 0 bridgehead atoms. The van der Waals surface area contributed by atoms with Crippen LogP contribution in [0.2, 0.25) is 0 Å². The second-order valence-electron chi connectivity index (χ2n) is 9.18. The highest BCUT2D eigenvalue weighted by molar-refractivity contribution is 6.04. The van der Waals surface area contributed by atoms with Crippen molar-refractivity contribution in [1.82, 2.24) is 29.6 Å². The Labute approximate surface area is 223 Å². The van der Waals surface area contributed by atoms with Gasteiger partial charge in [0, 0.05) is 31.0 Å². The number of nitrogens with zero attached hydrogens (tertiary/aromatic N) is 5. The number of hydrogen-bond donors (Lipinski definition) is 4. The molecule has 2 amide bonds. The first kappa shape index (κ1) is 26.3. The van der Waals surface area contributed by atoms with Crippen molar-refractivity contribution in [2.24, 2.45) is 5.73 Å². The number of aliphatic hydroxyl groups excluding tert-OH is 1. The summed E-state index contributed by atoms with van der Waals surface area (Å²) in [4.78, 5) is 33.8. The number of aliphatic hydroxyl groups is 1. The Balaban J connectivity index is 1.36. The summed E-state index contributed by atoms with van der Waals surface area (Å²) in [5.41, 5.74) is 8.85. The molecule has 204 valence electrons. The summed E-state index contributed by atoms with van der Waals surface area (Å²) in [7, 11) is 0. The molecule has 4 heterocycles. The first-order chi connectivity index (χ1) is 18.8. The third-order valence-corrected chi connectivity index (χ3v) is 6.42. The van der Waals surface area contributed by atoms with Crippen LogP contribution in [0.3, 0.4) is 0 Å². The molecule has 5 rings (SSSR count). The minimum absolute atomic E-state index is 0.205. The van der Waals surface area contributed by atoms with E-state index < -0.39 is 12.3 Å². The Kier molecular flexibility index (Phi) is 7.54. The van der Waals surface area contributed by atoms with Gasteiger partial charge in [-0.1, -0.05) is 6.07 Å². The van der Waals surface area contributed by atoms with Crippen LogP contribution in [-0.2, 0) is 17.9 Å². The van der Waals surface area contributed by atoms with Gasteiger partial charge in [-0.05, 0) is 50.1 Å². The smallest absolute Gasteiger partial charge is 0.276 e. The number of aromatic nitrogens is 5. The van der Waals surface area contributed by atoms with E-state index in [0.717, 1.165) is 11.3 Å². The maximum atomic E-state index is 13.2. The first-order valence-corrected chi connectivity index (χ1v) is 12.6. The van der Waals surface area contributed by atoms with Gasteiger partial charge in [0.05, 0.1) is 23.9 Å². The molecule has 13 heteroatoms. The lowest BCUT2D eigenvalue weighted by Crippen LogP contribution is -2.34. The molecule has 1 unspecified atom stereocenters. The van der Waals surface area contributed by atoms with Crippen molar-refractivity contribution < 1.29 is 24.2 Å².